The Hall–Kier alpha value is 1.00. The van der Waals surface area contributed by atoms with E-state index >= 15 is 0 Å². The predicted octanol–water partition coefficient (Wildman–Crippen LogP) is 2.01. The summed E-state index contributed by atoms with van der Waals surface area (Å²) in [6.07, 6.45) is 0. The molecule has 0 fully saturated rings. The summed E-state index contributed by atoms with van der Waals surface area (Å²) in [6.45, 7) is 9.20. The van der Waals surface area contributed by atoms with Gasteiger partial charge in [0, 0.05) is 0 Å². The van der Waals surface area contributed by atoms with Crippen LogP contribution in [0.15, 0.2) is 0 Å². The average molecular weight is 108 g/mol. The van der Waals surface area contributed by atoms with E-state index in [-0.39, 0.29) is 0 Å². The van der Waals surface area contributed by atoms with Crippen molar-refractivity contribution in [1.82, 2.24) is 0 Å². The SMILES string of the molecule is C[CH]([Na])C(C)(C)C. The minimum atomic E-state index is 0.562. The Morgan fingerprint density at radius 3 is 1.43 bits per heavy atom. The zero-order valence-electron chi connectivity index (χ0n) is 6.08. The molecule has 1 unspecified atom stereocenters. The van der Waals surface area contributed by atoms with Gasteiger partial charge >= 0.3 is 64.2 Å². The van der Waals surface area contributed by atoms with Crippen LogP contribution in [0.5, 0.6) is 0 Å². The fourth-order valence-electron chi connectivity index (χ4n) is 0. The van der Waals surface area contributed by atoms with Crippen LogP contribution in [0, 0.1) is 5.41 Å². The van der Waals surface area contributed by atoms with Crippen molar-refractivity contribution in [2.24, 2.45) is 5.41 Å². The molecule has 0 amide bonds. The van der Waals surface area contributed by atoms with E-state index in [2.05, 4.69) is 27.7 Å². The average Bonchev–Trinajstić information content (AvgIpc) is 1.31. The van der Waals surface area contributed by atoms with Crippen molar-refractivity contribution in [3.05, 3.63) is 0 Å². The first kappa shape index (κ1) is 8.00. The molecular weight excluding hydrogens is 95.1 g/mol. The predicted molar refractivity (Wildman–Crippen MR) is 34.6 cm³/mol. The third kappa shape index (κ3) is 3.57. The zero-order chi connectivity index (χ0) is 6.08. The molecule has 0 rings (SSSR count). The van der Waals surface area contributed by atoms with E-state index in [1.54, 1.807) is 0 Å². The van der Waals surface area contributed by atoms with Crippen LogP contribution in [-0.2, 0) is 0 Å². The van der Waals surface area contributed by atoms with Crippen LogP contribution in [0.3, 0.4) is 0 Å². The molecule has 0 nitrogen and oxygen atoms in total. The Bertz CT molecular complexity index is 49.7. The molecule has 0 bridgehead atoms. The molecule has 0 aromatic carbocycles. The normalized spacial score (nSPS) is 16.9. The molecule has 0 aliphatic carbocycles. The molecule has 0 spiro atoms. The van der Waals surface area contributed by atoms with E-state index < -0.39 is 0 Å². The van der Waals surface area contributed by atoms with Crippen molar-refractivity contribution in [2.75, 3.05) is 0 Å². The van der Waals surface area contributed by atoms with E-state index in [1.807, 2.05) is 0 Å². The molecule has 0 aliphatic heterocycles. The van der Waals surface area contributed by atoms with Gasteiger partial charge in [0.1, 0.15) is 0 Å². The first-order chi connectivity index (χ1) is 2.94. The van der Waals surface area contributed by atoms with Crippen molar-refractivity contribution in [3.63, 3.8) is 0 Å². The molecule has 0 saturated heterocycles. The summed E-state index contributed by atoms with van der Waals surface area (Å²) in [5, 5.41) is 0. The van der Waals surface area contributed by atoms with E-state index in [9.17, 15) is 0 Å². The molecule has 0 radical (unpaired) electrons. The van der Waals surface area contributed by atoms with E-state index in [0.29, 0.717) is 5.41 Å². The molecule has 0 aliphatic rings. The molecular formula is C6H13Na. The molecule has 0 heterocycles. The second-order valence-corrected chi connectivity index (χ2v) is 5.25. The zero-order valence-corrected chi connectivity index (χ0v) is 8.08. The van der Waals surface area contributed by atoms with Crippen molar-refractivity contribution in [1.29, 1.82) is 0 Å². The summed E-state index contributed by atoms with van der Waals surface area (Å²) in [5.41, 5.74) is 0.562. The fraction of sp³-hybridized carbons (Fsp3) is 1.00. The quantitative estimate of drug-likeness (QED) is 0.416. The Balaban J connectivity index is 3.54. The van der Waals surface area contributed by atoms with Crippen LogP contribution < -0.4 is 0 Å². The maximum absolute atomic E-state index is 2.31. The molecule has 1 heteroatoms. The molecule has 0 aromatic rings. The summed E-state index contributed by atoms with van der Waals surface area (Å²) in [7, 11) is 0. The first-order valence-electron chi connectivity index (χ1n) is 2.94. The van der Waals surface area contributed by atoms with Crippen molar-refractivity contribution >= 4 is 27.9 Å². The standard InChI is InChI=1S/C6H13.Na/c1-5-6(2,3)4;/h5H,1-4H3;. The Morgan fingerprint density at radius 1 is 1.29 bits per heavy atom. The molecule has 0 aromatic heterocycles. The topological polar surface area (TPSA) is 0 Å². The van der Waals surface area contributed by atoms with E-state index in [4.69, 9.17) is 0 Å². The summed E-state index contributed by atoms with van der Waals surface area (Å²) in [5.74, 6) is 0. The van der Waals surface area contributed by atoms with Gasteiger partial charge in [0.25, 0.3) is 0 Å². The van der Waals surface area contributed by atoms with Crippen molar-refractivity contribution in [3.8, 4) is 0 Å². The number of hydrogen-bond acceptors (Lipinski definition) is 0. The van der Waals surface area contributed by atoms with Crippen molar-refractivity contribution < 1.29 is 0 Å². The van der Waals surface area contributed by atoms with E-state index in [0.717, 1.165) is 3.17 Å². The maximum atomic E-state index is 2.31. The summed E-state index contributed by atoms with van der Waals surface area (Å²) in [6, 6.07) is 0. The van der Waals surface area contributed by atoms with Crippen LogP contribution in [-0.4, -0.2) is 27.9 Å². The van der Waals surface area contributed by atoms with Crippen LogP contribution in [0.2, 0.25) is 3.17 Å². The molecule has 1 atom stereocenters. The fourth-order valence-corrected chi connectivity index (χ4v) is 0. The van der Waals surface area contributed by atoms with Gasteiger partial charge in [-0.25, -0.2) is 0 Å². The molecule has 0 saturated carbocycles. The summed E-state index contributed by atoms with van der Waals surface area (Å²) < 4.78 is 0.937. The van der Waals surface area contributed by atoms with Gasteiger partial charge in [-0.15, -0.1) is 0 Å². The van der Waals surface area contributed by atoms with Gasteiger partial charge in [0.05, 0.1) is 0 Å². The van der Waals surface area contributed by atoms with Crippen LogP contribution >= 0.6 is 0 Å². The summed E-state index contributed by atoms with van der Waals surface area (Å²) >= 11 is 1.33. The molecule has 38 valence electrons. The Labute approximate surface area is 64.1 Å². The van der Waals surface area contributed by atoms with Gasteiger partial charge in [-0.2, -0.15) is 0 Å². The van der Waals surface area contributed by atoms with Gasteiger partial charge in [0.15, 0.2) is 0 Å². The second-order valence-electron chi connectivity index (χ2n) is 3.52. The van der Waals surface area contributed by atoms with Gasteiger partial charge in [0.2, 0.25) is 0 Å². The Kier molecular flexibility index (Phi) is 2.88. The summed E-state index contributed by atoms with van der Waals surface area (Å²) in [4.78, 5) is 0. The van der Waals surface area contributed by atoms with Crippen LogP contribution in [0.4, 0.5) is 0 Å². The third-order valence-electron chi connectivity index (χ3n) is 1.73. The monoisotopic (exact) mass is 108 g/mol. The third-order valence-corrected chi connectivity index (χ3v) is 3.46. The van der Waals surface area contributed by atoms with Crippen LogP contribution in [0.1, 0.15) is 27.7 Å². The van der Waals surface area contributed by atoms with Gasteiger partial charge in [-0.1, -0.05) is 0 Å². The van der Waals surface area contributed by atoms with E-state index in [1.165, 1.54) is 27.9 Å². The second kappa shape index (κ2) is 2.52. The van der Waals surface area contributed by atoms with Crippen LogP contribution in [0.25, 0.3) is 0 Å². The number of hydrogen-bond donors (Lipinski definition) is 0. The Morgan fingerprint density at radius 2 is 1.43 bits per heavy atom. The van der Waals surface area contributed by atoms with Gasteiger partial charge in [-0.3, -0.25) is 0 Å². The molecule has 0 N–H and O–H groups in total. The van der Waals surface area contributed by atoms with Gasteiger partial charge < -0.3 is 0 Å². The number of rotatable bonds is 0. The minimum absolute atomic E-state index is 0.562. The van der Waals surface area contributed by atoms with Crippen molar-refractivity contribution in [2.45, 2.75) is 30.9 Å². The first-order valence-corrected chi connectivity index (χ1v) is 4.10. The van der Waals surface area contributed by atoms with Gasteiger partial charge in [-0.05, 0) is 0 Å². The molecule has 7 heavy (non-hydrogen) atoms.